The summed E-state index contributed by atoms with van der Waals surface area (Å²) in [7, 11) is 0. The average molecular weight is 325 g/mol. The number of hydrogen-bond acceptors (Lipinski definition) is 5. The molecule has 3 N–H and O–H groups in total. The predicted molar refractivity (Wildman–Crippen MR) is 86.4 cm³/mol. The molecule has 1 heterocycles. The Balaban J connectivity index is 1.91. The molecule has 1 amide bonds. The normalized spacial score (nSPS) is 16.0. The molecule has 0 aromatic carbocycles. The van der Waals surface area contributed by atoms with Gasteiger partial charge in [-0.25, -0.2) is 0 Å². The number of nitrogens with zero attached hydrogens (tertiary/aromatic N) is 1. The predicted octanol–water partition coefficient (Wildman–Crippen LogP) is 2.14. The molecule has 1 fully saturated rings. The molecular weight excluding hydrogens is 302 g/mol. The van der Waals surface area contributed by atoms with E-state index in [1.807, 2.05) is 13.8 Å². The van der Waals surface area contributed by atoms with Gasteiger partial charge in [-0.15, -0.1) is 0 Å². The number of H-pyrrole nitrogens is 1. The van der Waals surface area contributed by atoms with Crippen LogP contribution < -0.4 is 10.9 Å². The number of carbonyl (C=O) groups is 1. The molecule has 6 nitrogen and oxygen atoms in total. The Hall–Kier alpha value is -1.50. The van der Waals surface area contributed by atoms with E-state index in [0.717, 1.165) is 37.4 Å². The van der Waals surface area contributed by atoms with Gasteiger partial charge in [-0.2, -0.15) is 4.98 Å². The van der Waals surface area contributed by atoms with Crippen LogP contribution in [0.15, 0.2) is 9.95 Å². The Kier molecular flexibility index (Phi) is 5.88. The van der Waals surface area contributed by atoms with E-state index in [4.69, 9.17) is 0 Å². The highest BCUT2D eigenvalue weighted by molar-refractivity contribution is 7.99. The van der Waals surface area contributed by atoms with Crippen molar-refractivity contribution < 1.29 is 9.90 Å². The first-order valence-electron chi connectivity index (χ1n) is 7.72. The van der Waals surface area contributed by atoms with Gasteiger partial charge in [-0.05, 0) is 18.8 Å². The maximum absolute atomic E-state index is 11.9. The summed E-state index contributed by atoms with van der Waals surface area (Å²) in [6, 6.07) is 0.269. The molecule has 0 unspecified atom stereocenters. The summed E-state index contributed by atoms with van der Waals surface area (Å²) in [5.41, 5.74) is -0.0753. The Morgan fingerprint density at radius 1 is 1.41 bits per heavy atom. The van der Waals surface area contributed by atoms with Crippen molar-refractivity contribution in [1.82, 2.24) is 15.3 Å². The van der Waals surface area contributed by atoms with Crippen molar-refractivity contribution in [2.24, 2.45) is 0 Å². The van der Waals surface area contributed by atoms with Crippen molar-refractivity contribution in [3.05, 3.63) is 15.9 Å². The van der Waals surface area contributed by atoms with E-state index in [9.17, 15) is 14.7 Å². The zero-order valence-corrected chi connectivity index (χ0v) is 13.8. The second-order valence-corrected chi connectivity index (χ2v) is 6.92. The maximum Gasteiger partial charge on any atom is 0.258 e. The third-order valence-electron chi connectivity index (χ3n) is 3.80. The molecule has 0 bridgehead atoms. The van der Waals surface area contributed by atoms with Gasteiger partial charge in [0.1, 0.15) is 0 Å². The van der Waals surface area contributed by atoms with Crippen LogP contribution in [0.4, 0.5) is 0 Å². The van der Waals surface area contributed by atoms with Crippen LogP contribution in [0.1, 0.15) is 57.4 Å². The fourth-order valence-electron chi connectivity index (χ4n) is 2.69. The van der Waals surface area contributed by atoms with Crippen LogP contribution in [0, 0.1) is 0 Å². The number of aromatic amines is 1. The first-order chi connectivity index (χ1) is 10.5. The zero-order chi connectivity index (χ0) is 16.1. The topological polar surface area (TPSA) is 95.1 Å². The second-order valence-electron chi connectivity index (χ2n) is 5.95. The third kappa shape index (κ3) is 4.50. The summed E-state index contributed by atoms with van der Waals surface area (Å²) < 4.78 is 0. The lowest BCUT2D eigenvalue weighted by Crippen LogP contribution is -2.37. The lowest BCUT2D eigenvalue weighted by Gasteiger charge is -2.22. The number of nitrogens with one attached hydrogen (secondary N) is 2. The molecule has 122 valence electrons. The highest BCUT2D eigenvalue weighted by Gasteiger charge is 2.17. The Labute approximate surface area is 134 Å². The highest BCUT2D eigenvalue weighted by atomic mass is 32.2. The minimum Gasteiger partial charge on any atom is -0.493 e. The molecular formula is C15H23N3O3S. The van der Waals surface area contributed by atoms with Crippen LogP contribution in [-0.4, -0.2) is 32.8 Å². The van der Waals surface area contributed by atoms with Gasteiger partial charge in [-0.3, -0.25) is 9.59 Å². The lowest BCUT2D eigenvalue weighted by molar-refractivity contribution is -0.119. The smallest absolute Gasteiger partial charge is 0.258 e. The molecule has 1 aromatic rings. The first kappa shape index (κ1) is 16.9. The number of aromatic hydroxyl groups is 1. The zero-order valence-electron chi connectivity index (χ0n) is 13.0. The number of thioether (sulfide) groups is 1. The standard InChI is InChI=1S/C15H23N3O3S/c1-9(2)12-13(20)17-15(18-14(12)21)22-8-11(19)16-10-6-4-3-5-7-10/h9-10H,3-8H2,1-2H3,(H,16,19)(H2,17,18,20,21). The van der Waals surface area contributed by atoms with Crippen LogP contribution in [0.3, 0.4) is 0 Å². The average Bonchev–Trinajstić information content (AvgIpc) is 2.45. The van der Waals surface area contributed by atoms with Crippen molar-refractivity contribution in [3.63, 3.8) is 0 Å². The van der Waals surface area contributed by atoms with Gasteiger partial charge in [-0.1, -0.05) is 44.9 Å². The quantitative estimate of drug-likeness (QED) is 0.569. The largest absolute Gasteiger partial charge is 0.493 e. The van der Waals surface area contributed by atoms with Gasteiger partial charge in [0.2, 0.25) is 11.8 Å². The summed E-state index contributed by atoms with van der Waals surface area (Å²) in [5, 5.41) is 13.1. The van der Waals surface area contributed by atoms with Gasteiger partial charge >= 0.3 is 0 Å². The van der Waals surface area contributed by atoms with Crippen LogP contribution >= 0.6 is 11.8 Å². The van der Waals surface area contributed by atoms with E-state index < -0.39 is 0 Å². The Morgan fingerprint density at radius 2 is 2.09 bits per heavy atom. The number of carbonyl (C=O) groups excluding carboxylic acids is 1. The van der Waals surface area contributed by atoms with Crippen molar-refractivity contribution in [2.45, 2.75) is 63.1 Å². The van der Waals surface area contributed by atoms with E-state index in [0.29, 0.717) is 0 Å². The number of hydrogen-bond donors (Lipinski definition) is 3. The molecule has 0 atom stereocenters. The van der Waals surface area contributed by atoms with Gasteiger partial charge in [0.15, 0.2) is 5.16 Å². The van der Waals surface area contributed by atoms with Gasteiger partial charge < -0.3 is 15.4 Å². The molecule has 0 spiro atoms. The molecule has 0 saturated heterocycles. The summed E-state index contributed by atoms with van der Waals surface area (Å²) in [6.07, 6.45) is 5.65. The second kappa shape index (κ2) is 7.67. The minimum atomic E-state index is -0.349. The van der Waals surface area contributed by atoms with Crippen molar-refractivity contribution >= 4 is 17.7 Å². The molecule has 0 aliphatic heterocycles. The summed E-state index contributed by atoms with van der Waals surface area (Å²) in [5.74, 6) is -0.245. The molecule has 22 heavy (non-hydrogen) atoms. The van der Waals surface area contributed by atoms with Crippen molar-refractivity contribution in [3.8, 4) is 5.88 Å². The monoisotopic (exact) mass is 325 g/mol. The Bertz CT molecular complexity index is 580. The van der Waals surface area contributed by atoms with Gasteiger partial charge in [0.05, 0.1) is 11.3 Å². The SMILES string of the molecule is CC(C)c1c(O)nc(SCC(=O)NC2CCCCC2)[nH]c1=O. The Morgan fingerprint density at radius 3 is 2.68 bits per heavy atom. The molecule has 0 radical (unpaired) electrons. The van der Waals surface area contributed by atoms with E-state index in [2.05, 4.69) is 15.3 Å². The van der Waals surface area contributed by atoms with Gasteiger partial charge in [0.25, 0.3) is 5.56 Å². The molecule has 7 heteroatoms. The molecule has 1 aromatic heterocycles. The van der Waals surface area contributed by atoms with Crippen LogP contribution in [0.2, 0.25) is 0 Å². The first-order valence-corrected chi connectivity index (χ1v) is 8.71. The molecule has 2 rings (SSSR count). The van der Waals surface area contributed by atoms with Crippen molar-refractivity contribution in [2.75, 3.05) is 5.75 Å². The van der Waals surface area contributed by atoms with E-state index in [1.165, 1.54) is 6.42 Å². The highest BCUT2D eigenvalue weighted by Crippen LogP contribution is 2.22. The lowest BCUT2D eigenvalue weighted by atomic mass is 9.95. The molecule has 1 saturated carbocycles. The van der Waals surface area contributed by atoms with E-state index in [1.54, 1.807) is 0 Å². The van der Waals surface area contributed by atoms with Crippen LogP contribution in [0.25, 0.3) is 0 Å². The summed E-state index contributed by atoms with van der Waals surface area (Å²) in [6.45, 7) is 3.63. The molecule has 1 aliphatic rings. The summed E-state index contributed by atoms with van der Waals surface area (Å²) in [4.78, 5) is 30.4. The third-order valence-corrected chi connectivity index (χ3v) is 4.67. The van der Waals surface area contributed by atoms with E-state index in [-0.39, 0.29) is 45.8 Å². The minimum absolute atomic E-state index is 0.0630. The fraction of sp³-hybridized carbons (Fsp3) is 0.667. The van der Waals surface area contributed by atoms with Crippen LogP contribution in [-0.2, 0) is 4.79 Å². The van der Waals surface area contributed by atoms with Gasteiger partial charge in [0, 0.05) is 6.04 Å². The van der Waals surface area contributed by atoms with Crippen molar-refractivity contribution in [1.29, 1.82) is 0 Å². The molecule has 1 aliphatic carbocycles. The number of rotatable bonds is 5. The number of aromatic nitrogens is 2. The van der Waals surface area contributed by atoms with E-state index >= 15 is 0 Å². The van der Waals surface area contributed by atoms with Crippen LogP contribution in [0.5, 0.6) is 5.88 Å². The number of amides is 1. The summed E-state index contributed by atoms with van der Waals surface area (Å²) >= 11 is 1.13. The maximum atomic E-state index is 11.9. The fourth-order valence-corrected chi connectivity index (χ4v) is 3.36.